The van der Waals surface area contributed by atoms with Gasteiger partial charge in [0, 0.05) is 18.4 Å². The number of esters is 1. The Balaban J connectivity index is 2.35. The van der Waals surface area contributed by atoms with Crippen molar-refractivity contribution in [1.29, 1.82) is 0 Å². The molecule has 0 aromatic heterocycles. The molecule has 0 spiro atoms. The molecule has 2 aromatic rings. The molecule has 0 aliphatic rings. The van der Waals surface area contributed by atoms with Crippen LogP contribution in [0.1, 0.15) is 34.5 Å². The molecule has 0 bridgehead atoms. The van der Waals surface area contributed by atoms with Crippen molar-refractivity contribution in [3.05, 3.63) is 65.2 Å². The third-order valence-corrected chi connectivity index (χ3v) is 5.11. The fraction of sp³-hybridized carbons (Fsp3) is 0.250. The lowest BCUT2D eigenvalue weighted by Gasteiger charge is -2.18. The molecule has 0 aliphatic carbocycles. The zero-order valence-corrected chi connectivity index (χ0v) is 17.1. The highest BCUT2D eigenvalue weighted by molar-refractivity contribution is 7.90. The number of amides is 3. The molecule has 1 unspecified atom stereocenters. The lowest BCUT2D eigenvalue weighted by molar-refractivity contribution is -0.129. The van der Waals surface area contributed by atoms with E-state index in [1.165, 1.54) is 18.2 Å². The molecule has 1 atom stereocenters. The SMILES string of the molecule is CCNC(=O)NC(=O)C(OC(=O)c1cc(S(C)(=O)=O)ccc1C)c1ccccc1. The molecule has 29 heavy (non-hydrogen) atoms. The summed E-state index contributed by atoms with van der Waals surface area (Å²) in [5, 5.41) is 4.55. The van der Waals surface area contributed by atoms with Crippen LogP contribution in [0.4, 0.5) is 4.79 Å². The molecule has 0 aliphatic heterocycles. The van der Waals surface area contributed by atoms with Crippen molar-refractivity contribution in [3.8, 4) is 0 Å². The van der Waals surface area contributed by atoms with Crippen LogP contribution >= 0.6 is 0 Å². The maximum absolute atomic E-state index is 12.7. The first-order valence-electron chi connectivity index (χ1n) is 8.78. The minimum Gasteiger partial charge on any atom is -0.444 e. The number of hydrogen-bond donors (Lipinski definition) is 2. The van der Waals surface area contributed by atoms with E-state index in [4.69, 9.17) is 4.74 Å². The van der Waals surface area contributed by atoms with Gasteiger partial charge in [0.1, 0.15) is 0 Å². The molecule has 0 fully saturated rings. The quantitative estimate of drug-likeness (QED) is 0.694. The Labute approximate surface area is 169 Å². The molecular weight excluding hydrogens is 396 g/mol. The van der Waals surface area contributed by atoms with Gasteiger partial charge >= 0.3 is 12.0 Å². The zero-order valence-electron chi connectivity index (χ0n) is 16.3. The summed E-state index contributed by atoms with van der Waals surface area (Å²) >= 11 is 0. The predicted octanol–water partition coefficient (Wildman–Crippen LogP) is 2.14. The first-order chi connectivity index (χ1) is 13.6. The second-order valence-electron chi connectivity index (χ2n) is 6.29. The summed E-state index contributed by atoms with van der Waals surface area (Å²) in [6.07, 6.45) is -0.369. The Morgan fingerprint density at radius 2 is 1.72 bits per heavy atom. The molecule has 3 amide bonds. The van der Waals surface area contributed by atoms with Crippen LogP contribution in [0, 0.1) is 6.92 Å². The Kier molecular flexibility index (Phi) is 7.11. The number of nitrogens with one attached hydrogen (secondary N) is 2. The minimum absolute atomic E-state index is 0.0136. The number of imide groups is 1. The average Bonchev–Trinajstić information content (AvgIpc) is 2.66. The molecule has 9 heteroatoms. The summed E-state index contributed by atoms with van der Waals surface area (Å²) in [6, 6.07) is 11.6. The largest absolute Gasteiger partial charge is 0.444 e. The van der Waals surface area contributed by atoms with Gasteiger partial charge in [-0.25, -0.2) is 18.0 Å². The lowest BCUT2D eigenvalue weighted by Crippen LogP contribution is -2.42. The monoisotopic (exact) mass is 418 g/mol. The van der Waals surface area contributed by atoms with E-state index in [0.29, 0.717) is 17.7 Å². The fourth-order valence-corrected chi connectivity index (χ4v) is 3.15. The Bertz CT molecular complexity index is 1020. The van der Waals surface area contributed by atoms with Crippen molar-refractivity contribution in [3.63, 3.8) is 0 Å². The van der Waals surface area contributed by atoms with Crippen LogP contribution in [-0.2, 0) is 19.4 Å². The number of ether oxygens (including phenoxy) is 1. The molecular formula is C20H22N2O6S. The van der Waals surface area contributed by atoms with Gasteiger partial charge in [0.2, 0.25) is 6.10 Å². The number of rotatable bonds is 6. The van der Waals surface area contributed by atoms with Gasteiger partial charge in [0.15, 0.2) is 9.84 Å². The van der Waals surface area contributed by atoms with E-state index in [-0.39, 0.29) is 10.5 Å². The van der Waals surface area contributed by atoms with Crippen LogP contribution in [0.3, 0.4) is 0 Å². The van der Waals surface area contributed by atoms with Crippen molar-refractivity contribution in [1.82, 2.24) is 10.6 Å². The van der Waals surface area contributed by atoms with E-state index in [1.54, 1.807) is 44.2 Å². The van der Waals surface area contributed by atoms with Gasteiger partial charge in [-0.05, 0) is 31.5 Å². The summed E-state index contributed by atoms with van der Waals surface area (Å²) in [7, 11) is -3.53. The second kappa shape index (κ2) is 9.33. The molecule has 2 N–H and O–H groups in total. The van der Waals surface area contributed by atoms with Gasteiger partial charge in [0.05, 0.1) is 10.5 Å². The van der Waals surface area contributed by atoms with E-state index in [2.05, 4.69) is 10.6 Å². The topological polar surface area (TPSA) is 119 Å². The predicted molar refractivity (Wildman–Crippen MR) is 106 cm³/mol. The number of carbonyl (C=O) groups is 3. The highest BCUT2D eigenvalue weighted by Gasteiger charge is 2.28. The number of carbonyl (C=O) groups excluding carboxylic acids is 3. The molecule has 8 nitrogen and oxygen atoms in total. The molecule has 154 valence electrons. The number of aryl methyl sites for hydroxylation is 1. The molecule has 0 heterocycles. The third kappa shape index (κ3) is 5.89. The number of hydrogen-bond acceptors (Lipinski definition) is 6. The van der Waals surface area contributed by atoms with Crippen LogP contribution in [0.15, 0.2) is 53.4 Å². The van der Waals surface area contributed by atoms with Gasteiger partial charge in [-0.15, -0.1) is 0 Å². The highest BCUT2D eigenvalue weighted by Crippen LogP contribution is 2.22. The van der Waals surface area contributed by atoms with Crippen LogP contribution in [0.5, 0.6) is 0 Å². The molecule has 0 saturated carbocycles. The summed E-state index contributed by atoms with van der Waals surface area (Å²) in [5.41, 5.74) is 0.859. The first-order valence-corrected chi connectivity index (χ1v) is 10.7. The van der Waals surface area contributed by atoms with Crippen molar-refractivity contribution in [2.45, 2.75) is 24.8 Å². The summed E-state index contributed by atoms with van der Waals surface area (Å²) < 4.78 is 29.0. The first kappa shape index (κ1) is 22.1. The Morgan fingerprint density at radius 3 is 2.31 bits per heavy atom. The van der Waals surface area contributed by atoms with Gasteiger partial charge in [-0.3, -0.25) is 10.1 Å². The van der Waals surface area contributed by atoms with E-state index in [1.807, 2.05) is 0 Å². The minimum atomic E-state index is -3.53. The summed E-state index contributed by atoms with van der Waals surface area (Å²) in [6.45, 7) is 3.62. The fourth-order valence-electron chi connectivity index (χ4n) is 2.51. The number of benzene rings is 2. The Hall–Kier alpha value is -3.20. The standard InChI is InChI=1S/C20H22N2O6S/c1-4-21-20(25)22-18(23)17(14-8-6-5-7-9-14)28-19(24)16-12-15(29(3,26)27)11-10-13(16)2/h5-12,17H,4H2,1-3H3,(H2,21,22,23,25). The van der Waals surface area contributed by atoms with Crippen LogP contribution in [-0.4, -0.2) is 39.1 Å². The van der Waals surface area contributed by atoms with Crippen molar-refractivity contribution >= 4 is 27.7 Å². The zero-order chi connectivity index (χ0) is 21.6. The molecule has 2 aromatic carbocycles. The van der Waals surface area contributed by atoms with E-state index >= 15 is 0 Å². The maximum Gasteiger partial charge on any atom is 0.339 e. The highest BCUT2D eigenvalue weighted by atomic mass is 32.2. The Morgan fingerprint density at radius 1 is 1.07 bits per heavy atom. The van der Waals surface area contributed by atoms with E-state index < -0.39 is 33.8 Å². The summed E-state index contributed by atoms with van der Waals surface area (Å²) in [4.78, 5) is 37.0. The van der Waals surface area contributed by atoms with Crippen LogP contribution in [0.25, 0.3) is 0 Å². The average molecular weight is 418 g/mol. The van der Waals surface area contributed by atoms with E-state index in [9.17, 15) is 22.8 Å². The number of sulfone groups is 1. The van der Waals surface area contributed by atoms with Crippen LogP contribution in [0.2, 0.25) is 0 Å². The van der Waals surface area contributed by atoms with Crippen molar-refractivity contribution in [2.24, 2.45) is 0 Å². The maximum atomic E-state index is 12.7. The van der Waals surface area contributed by atoms with Crippen LogP contribution < -0.4 is 10.6 Å². The van der Waals surface area contributed by atoms with Crippen molar-refractivity contribution < 1.29 is 27.5 Å². The van der Waals surface area contributed by atoms with Gasteiger partial charge in [-0.1, -0.05) is 36.4 Å². The molecule has 2 rings (SSSR count). The van der Waals surface area contributed by atoms with Gasteiger partial charge in [0.25, 0.3) is 5.91 Å². The lowest BCUT2D eigenvalue weighted by atomic mass is 10.1. The van der Waals surface area contributed by atoms with Gasteiger partial charge in [-0.2, -0.15) is 0 Å². The summed E-state index contributed by atoms with van der Waals surface area (Å²) in [5.74, 6) is -1.71. The molecule has 0 radical (unpaired) electrons. The van der Waals surface area contributed by atoms with E-state index in [0.717, 1.165) is 6.26 Å². The van der Waals surface area contributed by atoms with Crippen molar-refractivity contribution in [2.75, 3.05) is 12.8 Å². The normalized spacial score (nSPS) is 12.0. The smallest absolute Gasteiger partial charge is 0.339 e. The second-order valence-corrected chi connectivity index (χ2v) is 8.31. The molecule has 0 saturated heterocycles. The van der Waals surface area contributed by atoms with Gasteiger partial charge < -0.3 is 10.1 Å². The third-order valence-electron chi connectivity index (χ3n) is 4.00. The number of urea groups is 1.